The van der Waals surface area contributed by atoms with E-state index in [4.69, 9.17) is 15.0 Å². The molecule has 0 spiro atoms. The number of ether oxygens (including phenoxy) is 2. The van der Waals surface area contributed by atoms with Crippen LogP contribution < -0.4 is 9.47 Å². The lowest BCUT2D eigenvalue weighted by molar-refractivity contribution is 0.273. The van der Waals surface area contributed by atoms with Crippen molar-refractivity contribution in [1.82, 2.24) is 0 Å². The van der Waals surface area contributed by atoms with Crippen LogP contribution in [0.5, 0.6) is 11.5 Å². The van der Waals surface area contributed by atoms with Crippen molar-refractivity contribution in [3.05, 3.63) is 34.0 Å². The molecule has 5 nitrogen and oxygen atoms in total. The van der Waals surface area contributed by atoms with Crippen molar-refractivity contribution in [2.75, 3.05) is 13.2 Å². The van der Waals surface area contributed by atoms with E-state index in [1.165, 1.54) is 6.07 Å². The van der Waals surface area contributed by atoms with Gasteiger partial charge >= 0.3 is 0 Å². The van der Waals surface area contributed by atoms with Crippen LogP contribution in [0, 0.1) is 5.82 Å². The molecule has 0 aliphatic heterocycles. The third kappa shape index (κ3) is 3.58. The summed E-state index contributed by atoms with van der Waals surface area (Å²) in [4.78, 5) is 2.92. The van der Waals surface area contributed by atoms with E-state index in [0.29, 0.717) is 37.4 Å². The van der Waals surface area contributed by atoms with E-state index in [1.807, 2.05) is 20.8 Å². The zero-order chi connectivity index (χ0) is 15.9. The van der Waals surface area contributed by atoms with Gasteiger partial charge in [0.2, 0.25) is 0 Å². The molecular weight excluding hydrogens is 273 g/mol. The van der Waals surface area contributed by atoms with Crippen LogP contribution in [-0.2, 0) is 5.54 Å². The molecule has 1 aromatic carbocycles. The van der Waals surface area contributed by atoms with Crippen LogP contribution in [-0.4, -0.2) is 13.2 Å². The first-order valence-electron chi connectivity index (χ1n) is 7.24. The molecule has 0 saturated carbocycles. The SMILES string of the molecule is CCOc1cc(C(CC)(CC)N=[N+]=[N-])cc(F)c1OCC. The van der Waals surface area contributed by atoms with Gasteiger partial charge in [0, 0.05) is 4.91 Å². The van der Waals surface area contributed by atoms with Crippen LogP contribution in [0.3, 0.4) is 0 Å². The Morgan fingerprint density at radius 2 is 1.76 bits per heavy atom. The summed E-state index contributed by atoms with van der Waals surface area (Å²) in [7, 11) is 0. The van der Waals surface area contributed by atoms with Crippen LogP contribution in [0.15, 0.2) is 17.2 Å². The Morgan fingerprint density at radius 3 is 2.24 bits per heavy atom. The molecule has 0 aliphatic rings. The standard InChI is InChI=1S/C15H22FN3O2/c1-5-15(6-2,18-19-17)11-9-12(16)14(21-8-4)13(10-11)20-7-3/h9-10H,5-8H2,1-4H3. The van der Waals surface area contributed by atoms with Crippen molar-refractivity contribution in [2.24, 2.45) is 5.11 Å². The van der Waals surface area contributed by atoms with E-state index in [-0.39, 0.29) is 5.75 Å². The average molecular weight is 295 g/mol. The van der Waals surface area contributed by atoms with Gasteiger partial charge in [-0.15, -0.1) is 0 Å². The van der Waals surface area contributed by atoms with Gasteiger partial charge in [-0.05, 0) is 49.9 Å². The Morgan fingerprint density at radius 1 is 1.14 bits per heavy atom. The van der Waals surface area contributed by atoms with Crippen LogP contribution in [0.1, 0.15) is 46.1 Å². The minimum atomic E-state index is -0.772. The quantitative estimate of drug-likeness (QED) is 0.387. The highest BCUT2D eigenvalue weighted by molar-refractivity contribution is 5.46. The molecule has 0 unspecified atom stereocenters. The largest absolute Gasteiger partial charge is 0.490 e. The molecule has 0 bridgehead atoms. The zero-order valence-electron chi connectivity index (χ0n) is 13.0. The molecule has 0 heterocycles. The second kappa shape index (κ2) is 7.74. The Labute approximate surface area is 124 Å². The van der Waals surface area contributed by atoms with Gasteiger partial charge in [-0.2, -0.15) is 0 Å². The van der Waals surface area contributed by atoms with E-state index in [9.17, 15) is 4.39 Å². The summed E-state index contributed by atoms with van der Waals surface area (Å²) in [6, 6.07) is 3.08. The molecule has 0 atom stereocenters. The van der Waals surface area contributed by atoms with E-state index < -0.39 is 11.4 Å². The van der Waals surface area contributed by atoms with Crippen molar-refractivity contribution < 1.29 is 13.9 Å². The summed E-state index contributed by atoms with van der Waals surface area (Å²) in [6.45, 7) is 8.17. The molecule has 0 aliphatic carbocycles. The number of nitrogens with zero attached hydrogens (tertiary/aromatic N) is 3. The Bertz CT molecular complexity index is 524. The number of benzene rings is 1. The lowest BCUT2D eigenvalue weighted by atomic mass is 9.85. The second-order valence-electron chi connectivity index (χ2n) is 4.58. The molecule has 116 valence electrons. The highest BCUT2D eigenvalue weighted by Crippen LogP contribution is 2.40. The molecule has 0 saturated heterocycles. The number of hydrogen-bond acceptors (Lipinski definition) is 3. The normalized spacial score (nSPS) is 10.9. The van der Waals surface area contributed by atoms with Crippen molar-refractivity contribution in [3.63, 3.8) is 0 Å². The smallest absolute Gasteiger partial charge is 0.197 e. The molecule has 1 rings (SSSR count). The Kier molecular flexibility index (Phi) is 6.31. The van der Waals surface area contributed by atoms with Gasteiger partial charge in [-0.25, -0.2) is 4.39 Å². The van der Waals surface area contributed by atoms with Crippen LogP contribution in [0.4, 0.5) is 4.39 Å². The number of rotatable bonds is 8. The molecule has 1 aromatic rings. The summed E-state index contributed by atoms with van der Waals surface area (Å²) >= 11 is 0. The zero-order valence-corrected chi connectivity index (χ0v) is 13.0. The first kappa shape index (κ1) is 17.1. The van der Waals surface area contributed by atoms with Crippen molar-refractivity contribution in [1.29, 1.82) is 0 Å². The maximum Gasteiger partial charge on any atom is 0.197 e. The summed E-state index contributed by atoms with van der Waals surface area (Å²) < 4.78 is 25.1. The average Bonchev–Trinajstić information content (AvgIpc) is 2.48. The highest BCUT2D eigenvalue weighted by atomic mass is 19.1. The molecule has 0 amide bonds. The number of halogens is 1. The lowest BCUT2D eigenvalue weighted by Gasteiger charge is -2.27. The van der Waals surface area contributed by atoms with Crippen molar-refractivity contribution in [2.45, 2.75) is 46.1 Å². The Hall–Kier alpha value is -1.94. The molecule has 6 heteroatoms. The second-order valence-corrected chi connectivity index (χ2v) is 4.58. The fourth-order valence-electron chi connectivity index (χ4n) is 2.33. The summed E-state index contributed by atoms with van der Waals surface area (Å²) in [6.07, 6.45) is 1.15. The van der Waals surface area contributed by atoms with Crippen molar-refractivity contribution in [3.8, 4) is 11.5 Å². The fourth-order valence-corrected chi connectivity index (χ4v) is 2.33. The summed E-state index contributed by atoms with van der Waals surface area (Å²) in [5, 5.41) is 3.90. The van der Waals surface area contributed by atoms with Crippen LogP contribution in [0.2, 0.25) is 0 Å². The maximum atomic E-state index is 14.3. The summed E-state index contributed by atoms with van der Waals surface area (Å²) in [5.41, 5.74) is 8.65. The van der Waals surface area contributed by atoms with E-state index in [1.54, 1.807) is 13.0 Å². The van der Waals surface area contributed by atoms with Gasteiger partial charge in [0.15, 0.2) is 17.3 Å². The fraction of sp³-hybridized carbons (Fsp3) is 0.600. The molecule has 0 radical (unpaired) electrons. The van der Waals surface area contributed by atoms with Gasteiger partial charge in [0.1, 0.15) is 0 Å². The van der Waals surface area contributed by atoms with Crippen LogP contribution >= 0.6 is 0 Å². The van der Waals surface area contributed by atoms with Gasteiger partial charge in [0.05, 0.1) is 18.8 Å². The van der Waals surface area contributed by atoms with Gasteiger partial charge in [-0.3, -0.25) is 0 Å². The molecular formula is C15H22FN3O2. The van der Waals surface area contributed by atoms with Gasteiger partial charge in [-0.1, -0.05) is 19.0 Å². The van der Waals surface area contributed by atoms with E-state index in [0.717, 1.165) is 0 Å². The number of hydrogen-bond donors (Lipinski definition) is 0. The van der Waals surface area contributed by atoms with E-state index in [2.05, 4.69) is 10.0 Å². The summed E-state index contributed by atoms with van der Waals surface area (Å²) in [5.74, 6) is -0.0591. The predicted octanol–water partition coefficient (Wildman–Crippen LogP) is 4.95. The monoisotopic (exact) mass is 295 g/mol. The predicted molar refractivity (Wildman–Crippen MR) is 80.1 cm³/mol. The van der Waals surface area contributed by atoms with E-state index >= 15 is 0 Å². The minimum absolute atomic E-state index is 0.102. The van der Waals surface area contributed by atoms with Crippen LogP contribution in [0.25, 0.3) is 10.4 Å². The topological polar surface area (TPSA) is 67.2 Å². The molecule has 0 N–H and O–H groups in total. The lowest BCUT2D eigenvalue weighted by Crippen LogP contribution is -2.21. The molecule has 21 heavy (non-hydrogen) atoms. The molecule has 0 aromatic heterocycles. The third-order valence-electron chi connectivity index (χ3n) is 3.54. The number of azide groups is 1. The first-order chi connectivity index (χ1) is 10.1. The third-order valence-corrected chi connectivity index (χ3v) is 3.54. The maximum absolute atomic E-state index is 14.3. The minimum Gasteiger partial charge on any atom is -0.490 e. The highest BCUT2D eigenvalue weighted by Gasteiger charge is 2.30. The molecule has 0 fully saturated rings. The van der Waals surface area contributed by atoms with Gasteiger partial charge in [0.25, 0.3) is 0 Å². The van der Waals surface area contributed by atoms with Gasteiger partial charge < -0.3 is 9.47 Å². The first-order valence-corrected chi connectivity index (χ1v) is 7.24. The van der Waals surface area contributed by atoms with Crippen molar-refractivity contribution >= 4 is 0 Å². The Balaban J connectivity index is 3.46.